The Morgan fingerprint density at radius 1 is 1.41 bits per heavy atom. The summed E-state index contributed by atoms with van der Waals surface area (Å²) in [7, 11) is 3.45. The molecular weight excluding hydrogens is 362 g/mol. The van der Waals surface area contributed by atoms with Gasteiger partial charge in [-0.3, -0.25) is 4.79 Å². The van der Waals surface area contributed by atoms with E-state index in [1.54, 1.807) is 30.8 Å². The van der Waals surface area contributed by atoms with E-state index < -0.39 is 0 Å². The van der Waals surface area contributed by atoms with Crippen molar-refractivity contribution in [2.45, 2.75) is 37.2 Å². The minimum Gasteiger partial charge on any atom is -0.496 e. The Morgan fingerprint density at radius 2 is 2.15 bits per heavy atom. The van der Waals surface area contributed by atoms with Gasteiger partial charge in [0.15, 0.2) is 5.69 Å². The second-order valence-corrected chi connectivity index (χ2v) is 7.65. The van der Waals surface area contributed by atoms with E-state index in [4.69, 9.17) is 4.74 Å². The Morgan fingerprint density at radius 3 is 2.81 bits per heavy atom. The second-order valence-electron chi connectivity index (χ2n) is 6.80. The summed E-state index contributed by atoms with van der Waals surface area (Å²) < 4.78 is 7.35. The van der Waals surface area contributed by atoms with Crippen LogP contribution in [0.25, 0.3) is 0 Å². The zero-order valence-corrected chi connectivity index (χ0v) is 17.2. The molecule has 1 aromatic carbocycles. The van der Waals surface area contributed by atoms with Gasteiger partial charge in [-0.15, -0.1) is 16.9 Å². The molecule has 3 rings (SSSR count). The number of hydrogen-bond donors (Lipinski definition) is 1. The molecule has 0 unspecified atom stereocenters. The zero-order chi connectivity index (χ0) is 19.4. The van der Waals surface area contributed by atoms with E-state index in [9.17, 15) is 4.79 Å². The average molecular weight is 390 g/mol. The predicted molar refractivity (Wildman–Crippen MR) is 106 cm³/mol. The van der Waals surface area contributed by atoms with Crippen molar-refractivity contribution >= 4 is 17.7 Å². The van der Waals surface area contributed by atoms with Crippen LogP contribution in [-0.2, 0) is 6.54 Å². The largest absolute Gasteiger partial charge is 0.496 e. The van der Waals surface area contributed by atoms with Crippen molar-refractivity contribution in [3.63, 3.8) is 0 Å². The van der Waals surface area contributed by atoms with Gasteiger partial charge in [-0.25, -0.2) is 4.68 Å². The SMILES string of the molecule is COc1cc(CN(C)C(=O)c2nnn(C3CCNCC3)c2C)ccc1SC. The minimum atomic E-state index is -0.111. The molecular formula is C19H27N5O2S. The van der Waals surface area contributed by atoms with Gasteiger partial charge in [0.1, 0.15) is 5.75 Å². The number of rotatable bonds is 6. The highest BCUT2D eigenvalue weighted by Crippen LogP contribution is 2.29. The van der Waals surface area contributed by atoms with Crippen LogP contribution in [0.15, 0.2) is 23.1 Å². The Balaban J connectivity index is 1.73. The summed E-state index contributed by atoms with van der Waals surface area (Å²) >= 11 is 1.64. The fourth-order valence-electron chi connectivity index (χ4n) is 3.44. The van der Waals surface area contributed by atoms with Gasteiger partial charge in [0.05, 0.1) is 18.8 Å². The number of nitrogens with one attached hydrogen (secondary N) is 1. The molecule has 1 N–H and O–H groups in total. The lowest BCUT2D eigenvalue weighted by atomic mass is 10.1. The molecule has 1 aliphatic rings. The second kappa shape index (κ2) is 8.75. The summed E-state index contributed by atoms with van der Waals surface area (Å²) in [5, 5.41) is 11.8. The first-order valence-corrected chi connectivity index (χ1v) is 10.4. The van der Waals surface area contributed by atoms with Crippen molar-refractivity contribution in [3.05, 3.63) is 35.2 Å². The lowest BCUT2D eigenvalue weighted by Crippen LogP contribution is -2.30. The Hall–Kier alpha value is -2.06. The molecule has 27 heavy (non-hydrogen) atoms. The number of amides is 1. The van der Waals surface area contributed by atoms with Crippen LogP contribution < -0.4 is 10.1 Å². The predicted octanol–water partition coefficient (Wildman–Crippen LogP) is 2.51. The number of hydrogen-bond acceptors (Lipinski definition) is 6. The molecule has 146 valence electrons. The van der Waals surface area contributed by atoms with Crippen molar-refractivity contribution in [3.8, 4) is 5.75 Å². The van der Waals surface area contributed by atoms with Crippen LogP contribution in [-0.4, -0.2) is 59.3 Å². The fourth-order valence-corrected chi connectivity index (χ4v) is 3.99. The monoisotopic (exact) mass is 389 g/mol. The Kier molecular flexibility index (Phi) is 6.38. The number of methoxy groups -OCH3 is 1. The van der Waals surface area contributed by atoms with E-state index >= 15 is 0 Å². The van der Waals surface area contributed by atoms with Crippen molar-refractivity contribution < 1.29 is 9.53 Å². The lowest BCUT2D eigenvalue weighted by Gasteiger charge is -2.23. The molecule has 2 heterocycles. The van der Waals surface area contributed by atoms with Crippen molar-refractivity contribution in [2.24, 2.45) is 0 Å². The van der Waals surface area contributed by atoms with E-state index in [-0.39, 0.29) is 5.91 Å². The highest BCUT2D eigenvalue weighted by molar-refractivity contribution is 7.98. The smallest absolute Gasteiger partial charge is 0.276 e. The molecule has 1 fully saturated rings. The quantitative estimate of drug-likeness (QED) is 0.766. The summed E-state index contributed by atoms with van der Waals surface area (Å²) in [4.78, 5) is 15.7. The van der Waals surface area contributed by atoms with Gasteiger partial charge >= 0.3 is 0 Å². The number of nitrogens with zero attached hydrogens (tertiary/aromatic N) is 4. The Labute approximate surface area is 164 Å². The summed E-state index contributed by atoms with van der Waals surface area (Å²) in [5.74, 6) is 0.717. The van der Waals surface area contributed by atoms with Gasteiger partial charge < -0.3 is 15.0 Å². The van der Waals surface area contributed by atoms with Crippen LogP contribution in [0, 0.1) is 6.92 Å². The zero-order valence-electron chi connectivity index (χ0n) is 16.4. The van der Waals surface area contributed by atoms with E-state index in [0.717, 1.165) is 47.8 Å². The maximum atomic E-state index is 12.9. The lowest BCUT2D eigenvalue weighted by molar-refractivity contribution is 0.0778. The molecule has 2 aromatic rings. The number of ether oxygens (including phenoxy) is 1. The first-order valence-electron chi connectivity index (χ1n) is 9.14. The topological polar surface area (TPSA) is 72.3 Å². The molecule has 0 saturated carbocycles. The van der Waals surface area contributed by atoms with Gasteiger partial charge in [0, 0.05) is 18.5 Å². The number of thioether (sulfide) groups is 1. The highest BCUT2D eigenvalue weighted by atomic mass is 32.2. The van der Waals surface area contributed by atoms with Crippen LogP contribution >= 0.6 is 11.8 Å². The third-order valence-electron chi connectivity index (χ3n) is 5.00. The molecule has 0 atom stereocenters. The summed E-state index contributed by atoms with van der Waals surface area (Å²) in [6.07, 6.45) is 4.03. The van der Waals surface area contributed by atoms with Gasteiger partial charge in [0.25, 0.3) is 5.91 Å². The molecule has 0 spiro atoms. The van der Waals surface area contributed by atoms with Crippen LogP contribution in [0.5, 0.6) is 5.75 Å². The van der Waals surface area contributed by atoms with Crippen molar-refractivity contribution in [1.82, 2.24) is 25.2 Å². The number of aromatic nitrogens is 3. The number of carbonyl (C=O) groups excluding carboxylic acids is 1. The van der Waals surface area contributed by atoms with E-state index in [2.05, 4.69) is 15.6 Å². The molecule has 0 bridgehead atoms. The van der Waals surface area contributed by atoms with Crippen molar-refractivity contribution in [1.29, 1.82) is 0 Å². The molecule has 7 nitrogen and oxygen atoms in total. The molecule has 1 aliphatic heterocycles. The summed E-state index contributed by atoms with van der Waals surface area (Å²) in [5.41, 5.74) is 2.29. The van der Waals surface area contributed by atoms with Gasteiger partial charge in [0.2, 0.25) is 0 Å². The van der Waals surface area contributed by atoms with E-state index in [0.29, 0.717) is 18.3 Å². The molecule has 1 saturated heterocycles. The maximum Gasteiger partial charge on any atom is 0.276 e. The number of carbonyl (C=O) groups is 1. The Bertz CT molecular complexity index is 801. The normalized spacial score (nSPS) is 15.0. The molecule has 1 aromatic heterocycles. The summed E-state index contributed by atoms with van der Waals surface area (Å²) in [6, 6.07) is 6.34. The van der Waals surface area contributed by atoms with Gasteiger partial charge in [-0.1, -0.05) is 11.3 Å². The third kappa shape index (κ3) is 4.27. The van der Waals surface area contributed by atoms with Crippen LogP contribution in [0.1, 0.15) is 40.6 Å². The standard InChI is InChI=1S/C19H27N5O2S/c1-13-18(21-22-24(13)15-7-9-20-10-8-15)19(25)23(2)12-14-5-6-17(27-4)16(11-14)26-3/h5-6,11,15,20H,7-10,12H2,1-4H3. The average Bonchev–Trinajstić information content (AvgIpc) is 3.09. The molecule has 0 aliphatic carbocycles. The number of benzene rings is 1. The third-order valence-corrected chi connectivity index (χ3v) is 5.78. The van der Waals surface area contributed by atoms with Crippen LogP contribution in [0.4, 0.5) is 0 Å². The summed E-state index contributed by atoms with van der Waals surface area (Å²) in [6.45, 7) is 4.37. The fraction of sp³-hybridized carbons (Fsp3) is 0.526. The first-order chi connectivity index (χ1) is 13.0. The van der Waals surface area contributed by atoms with Crippen LogP contribution in [0.2, 0.25) is 0 Å². The number of piperidine rings is 1. The van der Waals surface area contributed by atoms with Gasteiger partial charge in [-0.05, 0) is 56.8 Å². The minimum absolute atomic E-state index is 0.111. The molecule has 0 radical (unpaired) electrons. The van der Waals surface area contributed by atoms with E-state index in [1.165, 1.54) is 0 Å². The highest BCUT2D eigenvalue weighted by Gasteiger charge is 2.24. The molecule has 1 amide bonds. The van der Waals surface area contributed by atoms with Crippen molar-refractivity contribution in [2.75, 3.05) is 33.5 Å². The first kappa shape index (κ1) is 19.7. The van der Waals surface area contributed by atoms with Crippen LogP contribution in [0.3, 0.4) is 0 Å². The van der Waals surface area contributed by atoms with Gasteiger partial charge in [-0.2, -0.15) is 0 Å². The maximum absolute atomic E-state index is 12.9. The van der Waals surface area contributed by atoms with E-state index in [1.807, 2.05) is 36.1 Å². The molecule has 8 heteroatoms.